The van der Waals surface area contributed by atoms with E-state index in [2.05, 4.69) is 61.8 Å². The molecule has 0 radical (unpaired) electrons. The fourth-order valence-electron chi connectivity index (χ4n) is 3.84. The van der Waals surface area contributed by atoms with Crippen LogP contribution in [0.15, 0.2) is 66.6 Å². The van der Waals surface area contributed by atoms with Gasteiger partial charge in [-0.25, -0.2) is 9.97 Å². The average Bonchev–Trinajstić information content (AvgIpc) is 3.40. The molecule has 1 fully saturated rings. The minimum Gasteiger partial charge on any atom is -0.373 e. The summed E-state index contributed by atoms with van der Waals surface area (Å²) in [6.07, 6.45) is 12.7. The minimum absolute atomic E-state index is 0.554. The van der Waals surface area contributed by atoms with Gasteiger partial charge in [0.2, 0.25) is 0 Å². The zero-order valence-corrected chi connectivity index (χ0v) is 18.5. The van der Waals surface area contributed by atoms with Crippen molar-refractivity contribution in [1.82, 2.24) is 15.3 Å². The summed E-state index contributed by atoms with van der Waals surface area (Å²) in [5.41, 5.74) is 3.62. The van der Waals surface area contributed by atoms with Crippen LogP contribution in [0.1, 0.15) is 30.4 Å². The second-order valence-corrected chi connectivity index (χ2v) is 7.92. The van der Waals surface area contributed by atoms with Gasteiger partial charge in [-0.15, -0.1) is 0 Å². The van der Waals surface area contributed by atoms with Gasteiger partial charge in [0, 0.05) is 49.7 Å². The number of aromatic nitrogens is 2. The first kappa shape index (κ1) is 21.7. The predicted molar refractivity (Wildman–Crippen MR) is 136 cm³/mol. The van der Waals surface area contributed by atoms with E-state index >= 15 is 0 Å². The van der Waals surface area contributed by atoms with Crippen molar-refractivity contribution in [3.8, 4) is 0 Å². The fraction of sp³-hybridized carbons (Fsp3) is 0.269. The van der Waals surface area contributed by atoms with Crippen molar-refractivity contribution in [3.63, 3.8) is 0 Å². The van der Waals surface area contributed by atoms with Crippen LogP contribution in [-0.2, 0) is 0 Å². The maximum atomic E-state index is 4.30. The molecule has 0 saturated carbocycles. The Hall–Kier alpha value is -3.51. The Bertz CT molecular complexity index is 1130. The standard InChI is InChI=1S/C14H13N3.C12H17N3/c1-15-14-7-13-6-10(12-4-5-16-8-12)2-3-11(13)9-17-14;1-2-10-3-8-14-12(9-10)15-11-4-6-13-7-5-11/h2-3,5-9H,4H2,1H3,(H,15,17);2-3,8-9,11,13H,1,4-7H2,(H,14,15). The van der Waals surface area contributed by atoms with Crippen LogP contribution in [0.2, 0.25) is 0 Å². The molecular weight excluding hydrogens is 396 g/mol. The topological polar surface area (TPSA) is 74.2 Å². The van der Waals surface area contributed by atoms with Gasteiger partial charge in [0.1, 0.15) is 11.6 Å². The molecular formula is C26H30N6. The molecule has 3 aromatic rings. The Morgan fingerprint density at radius 3 is 2.66 bits per heavy atom. The van der Waals surface area contributed by atoms with Crippen molar-refractivity contribution in [2.75, 3.05) is 30.8 Å². The summed E-state index contributed by atoms with van der Waals surface area (Å²) in [4.78, 5) is 12.7. The summed E-state index contributed by atoms with van der Waals surface area (Å²) in [6.45, 7) is 5.95. The number of piperidine rings is 1. The summed E-state index contributed by atoms with van der Waals surface area (Å²) < 4.78 is 0. The monoisotopic (exact) mass is 426 g/mol. The number of aliphatic imine (C=N–C) groups is 1. The lowest BCUT2D eigenvalue weighted by molar-refractivity contribution is 0.478. The lowest BCUT2D eigenvalue weighted by atomic mass is 10.0. The molecule has 1 aromatic carbocycles. The first-order valence-electron chi connectivity index (χ1n) is 11.1. The highest BCUT2D eigenvalue weighted by atomic mass is 15.0. The smallest absolute Gasteiger partial charge is 0.126 e. The van der Waals surface area contributed by atoms with Crippen molar-refractivity contribution >= 4 is 40.3 Å². The highest BCUT2D eigenvalue weighted by molar-refractivity contribution is 5.90. The summed E-state index contributed by atoms with van der Waals surface area (Å²) >= 11 is 0. The minimum atomic E-state index is 0.554. The summed E-state index contributed by atoms with van der Waals surface area (Å²) in [7, 11) is 1.88. The van der Waals surface area contributed by atoms with Gasteiger partial charge in [-0.3, -0.25) is 4.99 Å². The van der Waals surface area contributed by atoms with Crippen LogP contribution in [0.3, 0.4) is 0 Å². The van der Waals surface area contributed by atoms with Crippen LogP contribution in [0, 0.1) is 0 Å². The van der Waals surface area contributed by atoms with E-state index in [-0.39, 0.29) is 0 Å². The summed E-state index contributed by atoms with van der Waals surface area (Å²) in [5, 5.41) is 12.2. The van der Waals surface area contributed by atoms with Crippen molar-refractivity contribution in [2.45, 2.75) is 25.3 Å². The number of allylic oxidation sites excluding steroid dienone is 1. The molecule has 3 N–H and O–H groups in total. The Labute approximate surface area is 189 Å². The molecule has 2 aromatic heterocycles. The lowest BCUT2D eigenvalue weighted by Crippen LogP contribution is -2.35. The summed E-state index contributed by atoms with van der Waals surface area (Å²) in [5.74, 6) is 1.85. The van der Waals surface area contributed by atoms with Crippen LogP contribution < -0.4 is 16.0 Å². The lowest BCUT2D eigenvalue weighted by Gasteiger charge is -2.24. The maximum Gasteiger partial charge on any atom is 0.126 e. The van der Waals surface area contributed by atoms with Gasteiger partial charge in [-0.2, -0.15) is 0 Å². The molecule has 6 nitrogen and oxygen atoms in total. The van der Waals surface area contributed by atoms with E-state index in [4.69, 9.17) is 0 Å². The number of fused-ring (bicyclic) bond motifs is 1. The number of benzene rings is 1. The second kappa shape index (κ2) is 10.7. The summed E-state index contributed by atoms with van der Waals surface area (Å²) in [6, 6.07) is 13.0. The predicted octanol–water partition coefficient (Wildman–Crippen LogP) is 4.98. The van der Waals surface area contributed by atoms with Crippen LogP contribution in [-0.4, -0.2) is 42.4 Å². The SMILES string of the molecule is C=Cc1ccnc(NC2CCNCC2)c1.CNc1cc2cc(C3=CN=CC3)ccc2cn1. The molecule has 164 valence electrons. The number of rotatable bonds is 5. The Balaban J connectivity index is 0.000000155. The number of anilines is 2. The number of pyridine rings is 2. The van der Waals surface area contributed by atoms with Crippen LogP contribution >= 0.6 is 0 Å². The van der Waals surface area contributed by atoms with E-state index in [0.29, 0.717) is 6.04 Å². The van der Waals surface area contributed by atoms with Gasteiger partial charge in [0.15, 0.2) is 0 Å². The van der Waals surface area contributed by atoms with Gasteiger partial charge in [0.25, 0.3) is 0 Å². The van der Waals surface area contributed by atoms with Crippen molar-refractivity contribution in [3.05, 3.63) is 72.7 Å². The number of nitrogens with zero attached hydrogens (tertiary/aromatic N) is 3. The van der Waals surface area contributed by atoms with E-state index in [1.807, 2.05) is 50.1 Å². The molecule has 2 aliphatic rings. The van der Waals surface area contributed by atoms with E-state index < -0.39 is 0 Å². The Morgan fingerprint density at radius 1 is 1.03 bits per heavy atom. The molecule has 0 spiro atoms. The highest BCUT2D eigenvalue weighted by Gasteiger charge is 2.12. The van der Waals surface area contributed by atoms with E-state index in [0.717, 1.165) is 42.1 Å². The molecule has 0 aliphatic carbocycles. The number of nitrogens with one attached hydrogen (secondary N) is 3. The molecule has 4 heterocycles. The van der Waals surface area contributed by atoms with E-state index in [1.54, 1.807) is 0 Å². The zero-order valence-electron chi connectivity index (χ0n) is 18.5. The third-order valence-corrected chi connectivity index (χ3v) is 5.71. The van der Waals surface area contributed by atoms with E-state index in [9.17, 15) is 0 Å². The molecule has 0 atom stereocenters. The van der Waals surface area contributed by atoms with Gasteiger partial charge in [-0.05, 0) is 72.3 Å². The first-order chi connectivity index (χ1) is 15.7. The van der Waals surface area contributed by atoms with E-state index in [1.165, 1.54) is 29.4 Å². The van der Waals surface area contributed by atoms with Crippen molar-refractivity contribution in [2.24, 2.45) is 4.99 Å². The average molecular weight is 427 g/mol. The molecule has 0 bridgehead atoms. The Morgan fingerprint density at radius 2 is 1.91 bits per heavy atom. The maximum absolute atomic E-state index is 4.30. The molecule has 32 heavy (non-hydrogen) atoms. The zero-order chi connectivity index (χ0) is 22.2. The van der Waals surface area contributed by atoms with Gasteiger partial charge < -0.3 is 16.0 Å². The molecule has 6 heteroatoms. The van der Waals surface area contributed by atoms with Crippen molar-refractivity contribution < 1.29 is 0 Å². The fourth-order valence-corrected chi connectivity index (χ4v) is 3.84. The van der Waals surface area contributed by atoms with Crippen LogP contribution in [0.4, 0.5) is 11.6 Å². The third-order valence-electron chi connectivity index (χ3n) is 5.71. The molecule has 5 rings (SSSR count). The molecule has 2 aliphatic heterocycles. The van der Waals surface area contributed by atoms with Crippen molar-refractivity contribution in [1.29, 1.82) is 0 Å². The van der Waals surface area contributed by atoms with Gasteiger partial charge in [-0.1, -0.05) is 24.8 Å². The quantitative estimate of drug-likeness (QED) is 0.537. The highest BCUT2D eigenvalue weighted by Crippen LogP contribution is 2.25. The van der Waals surface area contributed by atoms with Gasteiger partial charge >= 0.3 is 0 Å². The van der Waals surface area contributed by atoms with Crippen LogP contribution in [0.25, 0.3) is 22.4 Å². The Kier molecular flexibility index (Phi) is 7.25. The first-order valence-corrected chi connectivity index (χ1v) is 11.1. The largest absolute Gasteiger partial charge is 0.373 e. The second-order valence-electron chi connectivity index (χ2n) is 7.92. The van der Waals surface area contributed by atoms with Gasteiger partial charge in [0.05, 0.1) is 0 Å². The molecule has 0 unspecified atom stereocenters. The number of hydrogen-bond donors (Lipinski definition) is 3. The normalized spacial score (nSPS) is 15.6. The third kappa shape index (κ3) is 5.59. The molecule has 1 saturated heterocycles. The van der Waals surface area contributed by atoms with Crippen LogP contribution in [0.5, 0.6) is 0 Å². The number of hydrogen-bond acceptors (Lipinski definition) is 6. The molecule has 0 amide bonds.